The number of aromatic nitrogens is 1. The Labute approximate surface area is 135 Å². The van der Waals surface area contributed by atoms with Gasteiger partial charge in [0.2, 0.25) is 0 Å². The summed E-state index contributed by atoms with van der Waals surface area (Å²) in [5.74, 6) is -2.54. The van der Waals surface area contributed by atoms with E-state index in [1.54, 1.807) is 6.92 Å². The summed E-state index contributed by atoms with van der Waals surface area (Å²) in [5, 5.41) is 10.9. The second-order valence-electron chi connectivity index (χ2n) is 5.60. The Bertz CT molecular complexity index is 636. The molecule has 1 aliphatic heterocycles. The average Bonchev–Trinajstić information content (AvgIpc) is 2.52. The molecule has 0 bridgehead atoms. The first-order valence-electron chi connectivity index (χ1n) is 7.27. The number of rotatable bonds is 4. The summed E-state index contributed by atoms with van der Waals surface area (Å²) in [4.78, 5) is 27.1. The molecule has 2 heterocycles. The van der Waals surface area contributed by atoms with Crippen molar-refractivity contribution in [3.63, 3.8) is 0 Å². The molecule has 2 rings (SSSR count). The Balaban J connectivity index is 2.00. The van der Waals surface area contributed by atoms with Crippen molar-refractivity contribution in [3.8, 4) is 5.88 Å². The molecule has 0 aliphatic carbocycles. The van der Waals surface area contributed by atoms with E-state index in [0.29, 0.717) is 5.56 Å². The molecule has 0 radical (unpaired) electrons. The van der Waals surface area contributed by atoms with E-state index in [1.807, 2.05) is 0 Å². The molecule has 0 N–H and O–H groups in total. The Hall–Kier alpha value is -2.39. The van der Waals surface area contributed by atoms with Crippen LogP contribution in [0.3, 0.4) is 0 Å². The third-order valence-electron chi connectivity index (χ3n) is 3.74. The van der Waals surface area contributed by atoms with E-state index in [9.17, 15) is 28.1 Å². The van der Waals surface area contributed by atoms with Crippen LogP contribution in [0.4, 0.5) is 18.9 Å². The van der Waals surface area contributed by atoms with Crippen LogP contribution in [0.5, 0.6) is 5.88 Å². The maximum Gasteiger partial charge on any atom is 0.393 e. The minimum atomic E-state index is -4.35. The van der Waals surface area contributed by atoms with Crippen molar-refractivity contribution >= 4 is 11.6 Å². The Morgan fingerprint density at radius 1 is 1.54 bits per heavy atom. The summed E-state index contributed by atoms with van der Waals surface area (Å²) >= 11 is 0. The lowest BCUT2D eigenvalue weighted by Crippen LogP contribution is -2.46. The highest BCUT2D eigenvalue weighted by Gasteiger charge is 2.42. The largest absolute Gasteiger partial charge is 0.463 e. The standard InChI is InChI=1S/C14H16F3N3O4/c1-9-5-11(20(22)23)13(18-6-9)24-8-12(21)19-4-2-3-10(7-19)14(15,16)17/h5-6,10H,2-4,7-8H2,1H3/t10-/m0/s1. The van der Waals surface area contributed by atoms with E-state index in [-0.39, 0.29) is 25.3 Å². The second kappa shape index (κ2) is 7.02. The number of ether oxygens (including phenoxy) is 1. The molecule has 1 aliphatic rings. The van der Waals surface area contributed by atoms with Crippen molar-refractivity contribution in [1.29, 1.82) is 0 Å². The predicted molar refractivity (Wildman–Crippen MR) is 76.5 cm³/mol. The molecule has 1 aromatic rings. The van der Waals surface area contributed by atoms with Crippen LogP contribution in [0.1, 0.15) is 18.4 Å². The molecule has 10 heteroatoms. The Morgan fingerprint density at radius 3 is 2.88 bits per heavy atom. The van der Waals surface area contributed by atoms with Crippen molar-refractivity contribution in [2.75, 3.05) is 19.7 Å². The van der Waals surface area contributed by atoms with Crippen molar-refractivity contribution < 1.29 is 27.6 Å². The van der Waals surface area contributed by atoms with Crippen molar-refractivity contribution in [2.45, 2.75) is 25.9 Å². The van der Waals surface area contributed by atoms with Gasteiger partial charge >= 0.3 is 11.9 Å². The van der Waals surface area contributed by atoms with Gasteiger partial charge in [0, 0.05) is 25.4 Å². The van der Waals surface area contributed by atoms with Crippen LogP contribution in [0.15, 0.2) is 12.3 Å². The van der Waals surface area contributed by atoms with E-state index in [2.05, 4.69) is 4.98 Å². The van der Waals surface area contributed by atoms with Gasteiger partial charge in [0.15, 0.2) is 6.61 Å². The minimum absolute atomic E-state index is 0.0148. The Kier molecular flexibility index (Phi) is 5.25. The van der Waals surface area contributed by atoms with Gasteiger partial charge in [-0.25, -0.2) is 4.98 Å². The lowest BCUT2D eigenvalue weighted by Gasteiger charge is -2.33. The summed E-state index contributed by atoms with van der Waals surface area (Å²) in [7, 11) is 0. The maximum atomic E-state index is 12.8. The normalized spacial score (nSPS) is 18.3. The zero-order chi connectivity index (χ0) is 17.9. The SMILES string of the molecule is Cc1cnc(OCC(=O)N2CCC[C@H](C(F)(F)F)C2)c([N+](=O)[O-])c1. The summed E-state index contributed by atoms with van der Waals surface area (Å²) in [6.45, 7) is 0.800. The topological polar surface area (TPSA) is 85.6 Å². The molecule has 0 aromatic carbocycles. The lowest BCUT2D eigenvalue weighted by atomic mass is 9.97. The number of alkyl halides is 3. The number of pyridine rings is 1. The number of aryl methyl sites for hydroxylation is 1. The first-order chi connectivity index (χ1) is 11.2. The number of halogens is 3. The number of amides is 1. The van der Waals surface area contributed by atoms with E-state index < -0.39 is 41.8 Å². The summed E-state index contributed by atoms with van der Waals surface area (Å²) in [6.07, 6.45) is -2.78. The third kappa shape index (κ3) is 4.33. The zero-order valence-electron chi connectivity index (χ0n) is 12.9. The predicted octanol–water partition coefficient (Wildman–Crippen LogP) is 2.48. The average molecular weight is 347 g/mol. The maximum absolute atomic E-state index is 12.8. The van der Waals surface area contributed by atoms with Gasteiger partial charge in [-0.05, 0) is 25.3 Å². The molecular formula is C14H16F3N3O4. The fourth-order valence-corrected chi connectivity index (χ4v) is 2.48. The fourth-order valence-electron chi connectivity index (χ4n) is 2.48. The molecule has 1 aromatic heterocycles. The first kappa shape index (κ1) is 18.0. The highest BCUT2D eigenvalue weighted by atomic mass is 19.4. The minimum Gasteiger partial charge on any atom is -0.463 e. The van der Waals surface area contributed by atoms with Gasteiger partial charge in [-0.15, -0.1) is 0 Å². The third-order valence-corrected chi connectivity index (χ3v) is 3.74. The van der Waals surface area contributed by atoms with Crippen LogP contribution >= 0.6 is 0 Å². The molecular weight excluding hydrogens is 331 g/mol. The second-order valence-corrected chi connectivity index (χ2v) is 5.60. The number of hydrogen-bond donors (Lipinski definition) is 0. The summed E-state index contributed by atoms with van der Waals surface area (Å²) < 4.78 is 43.3. The highest BCUT2D eigenvalue weighted by Crippen LogP contribution is 2.33. The number of carbonyl (C=O) groups is 1. The molecule has 1 fully saturated rings. The van der Waals surface area contributed by atoms with Crippen molar-refractivity contribution in [2.24, 2.45) is 5.92 Å². The van der Waals surface area contributed by atoms with E-state index in [1.165, 1.54) is 12.3 Å². The number of carbonyl (C=O) groups excluding carboxylic acids is 1. The highest BCUT2D eigenvalue weighted by molar-refractivity contribution is 5.78. The Morgan fingerprint density at radius 2 is 2.25 bits per heavy atom. The van der Waals surface area contributed by atoms with Gasteiger partial charge in [-0.3, -0.25) is 14.9 Å². The van der Waals surface area contributed by atoms with E-state index in [0.717, 1.165) is 4.90 Å². The smallest absolute Gasteiger partial charge is 0.393 e. The number of nitrogens with zero attached hydrogens (tertiary/aromatic N) is 3. The van der Waals surface area contributed by atoms with Gasteiger partial charge in [0.1, 0.15) is 0 Å². The van der Waals surface area contributed by atoms with Gasteiger partial charge in [0.25, 0.3) is 11.8 Å². The zero-order valence-corrected chi connectivity index (χ0v) is 12.9. The van der Waals surface area contributed by atoms with Crippen molar-refractivity contribution in [1.82, 2.24) is 9.88 Å². The molecule has 1 amide bonds. The van der Waals surface area contributed by atoms with Gasteiger partial charge in [-0.2, -0.15) is 13.2 Å². The molecule has 0 spiro atoms. The van der Waals surface area contributed by atoms with Gasteiger partial charge in [0.05, 0.1) is 10.8 Å². The van der Waals surface area contributed by atoms with E-state index >= 15 is 0 Å². The van der Waals surface area contributed by atoms with Crippen LogP contribution in [0, 0.1) is 23.0 Å². The number of piperidine rings is 1. The van der Waals surface area contributed by atoms with Crippen LogP contribution in [-0.2, 0) is 4.79 Å². The van der Waals surface area contributed by atoms with Crippen molar-refractivity contribution in [3.05, 3.63) is 27.9 Å². The van der Waals surface area contributed by atoms with Crippen LogP contribution in [0.2, 0.25) is 0 Å². The molecule has 0 unspecified atom stereocenters. The quantitative estimate of drug-likeness (QED) is 0.617. The summed E-state index contributed by atoms with van der Waals surface area (Å²) in [5.41, 5.74) is 0.152. The lowest BCUT2D eigenvalue weighted by molar-refractivity contribution is -0.386. The van der Waals surface area contributed by atoms with Gasteiger partial charge in [-0.1, -0.05) is 0 Å². The number of hydrogen-bond acceptors (Lipinski definition) is 5. The molecule has 1 saturated heterocycles. The summed E-state index contributed by atoms with van der Waals surface area (Å²) in [6, 6.07) is 1.24. The monoisotopic (exact) mass is 347 g/mol. The number of nitro groups is 1. The number of likely N-dealkylation sites (tertiary alicyclic amines) is 1. The van der Waals surface area contributed by atoms with E-state index in [4.69, 9.17) is 4.74 Å². The van der Waals surface area contributed by atoms with Gasteiger partial charge < -0.3 is 9.64 Å². The first-order valence-corrected chi connectivity index (χ1v) is 7.27. The van der Waals surface area contributed by atoms with Crippen LogP contribution < -0.4 is 4.74 Å². The molecule has 1 atom stereocenters. The van der Waals surface area contributed by atoms with Crippen LogP contribution in [0.25, 0.3) is 0 Å². The molecule has 24 heavy (non-hydrogen) atoms. The molecule has 132 valence electrons. The molecule has 7 nitrogen and oxygen atoms in total. The molecule has 0 saturated carbocycles. The fraction of sp³-hybridized carbons (Fsp3) is 0.571. The van der Waals surface area contributed by atoms with Crippen LogP contribution in [-0.4, -0.2) is 46.6 Å².